The summed E-state index contributed by atoms with van der Waals surface area (Å²) in [5.74, 6) is -1.87. The lowest BCUT2D eigenvalue weighted by molar-refractivity contribution is -0.134. The lowest BCUT2D eigenvalue weighted by atomic mass is 10.1. The summed E-state index contributed by atoms with van der Waals surface area (Å²) in [6.45, 7) is 6.69. The standard InChI is InChI=1S/C28H23FO7/c1-4-26(30)34-21-11-8-19(9-12-21)20-10-14-23(22(29)17-20)35-28(32)15-7-18-6-13-24(33-3)25(16-18)36-27(31)5-2/h4-6,8-14,16-17H,1-2,7,15H2,3H3. The Morgan fingerprint density at radius 2 is 1.42 bits per heavy atom. The molecule has 184 valence electrons. The zero-order chi connectivity index (χ0) is 26.1. The number of esters is 3. The largest absolute Gasteiger partial charge is 0.493 e. The molecule has 0 fully saturated rings. The molecule has 0 saturated heterocycles. The minimum absolute atomic E-state index is 0.0345. The molecule has 0 amide bonds. The maximum atomic E-state index is 14.6. The molecule has 0 heterocycles. The van der Waals surface area contributed by atoms with Crippen LogP contribution in [0.3, 0.4) is 0 Å². The summed E-state index contributed by atoms with van der Waals surface area (Å²) in [7, 11) is 1.44. The molecule has 0 bridgehead atoms. The summed E-state index contributed by atoms with van der Waals surface area (Å²) >= 11 is 0. The highest BCUT2D eigenvalue weighted by atomic mass is 19.1. The topological polar surface area (TPSA) is 88.1 Å². The van der Waals surface area contributed by atoms with E-state index in [9.17, 15) is 18.8 Å². The van der Waals surface area contributed by atoms with Crippen LogP contribution in [-0.2, 0) is 20.8 Å². The Labute approximate surface area is 207 Å². The third kappa shape index (κ3) is 6.89. The molecule has 0 unspecified atom stereocenters. The van der Waals surface area contributed by atoms with Crippen LogP contribution in [0.25, 0.3) is 11.1 Å². The van der Waals surface area contributed by atoms with Crippen LogP contribution in [0.4, 0.5) is 4.39 Å². The number of ether oxygens (including phenoxy) is 4. The summed E-state index contributed by atoms with van der Waals surface area (Å²) in [5, 5.41) is 0. The first-order valence-corrected chi connectivity index (χ1v) is 10.8. The van der Waals surface area contributed by atoms with Gasteiger partial charge in [0.15, 0.2) is 23.1 Å². The SMILES string of the molecule is C=CC(=O)Oc1ccc(-c2ccc(OC(=O)CCc3ccc(OC)c(OC(=O)C=C)c3)c(F)c2)cc1. The van der Waals surface area contributed by atoms with Gasteiger partial charge in [-0.3, -0.25) is 4.79 Å². The Hall–Kier alpha value is -4.72. The Kier molecular flexibility index (Phi) is 8.72. The first kappa shape index (κ1) is 25.9. The number of carbonyl (C=O) groups excluding carboxylic acids is 3. The molecule has 0 aliphatic heterocycles. The van der Waals surface area contributed by atoms with Crippen LogP contribution >= 0.6 is 0 Å². The van der Waals surface area contributed by atoms with Crippen LogP contribution in [0.1, 0.15) is 12.0 Å². The van der Waals surface area contributed by atoms with Gasteiger partial charge < -0.3 is 18.9 Å². The molecule has 0 atom stereocenters. The van der Waals surface area contributed by atoms with Gasteiger partial charge in [0.25, 0.3) is 0 Å². The first-order valence-electron chi connectivity index (χ1n) is 10.8. The number of hydrogen-bond acceptors (Lipinski definition) is 7. The van der Waals surface area contributed by atoms with Crippen LogP contribution < -0.4 is 18.9 Å². The van der Waals surface area contributed by atoms with Crippen LogP contribution in [0.5, 0.6) is 23.0 Å². The number of hydrogen-bond donors (Lipinski definition) is 0. The van der Waals surface area contributed by atoms with E-state index in [4.69, 9.17) is 18.9 Å². The quantitative estimate of drug-likeness (QED) is 0.219. The van der Waals surface area contributed by atoms with E-state index in [0.717, 1.165) is 12.2 Å². The third-order valence-electron chi connectivity index (χ3n) is 4.95. The van der Waals surface area contributed by atoms with Crippen molar-refractivity contribution in [3.05, 3.63) is 97.4 Å². The molecule has 3 rings (SSSR count). The van der Waals surface area contributed by atoms with Crippen LogP contribution in [0.2, 0.25) is 0 Å². The van der Waals surface area contributed by atoms with Crippen molar-refractivity contribution in [1.82, 2.24) is 0 Å². The van der Waals surface area contributed by atoms with Crippen LogP contribution in [0, 0.1) is 5.82 Å². The zero-order valence-corrected chi connectivity index (χ0v) is 19.5. The summed E-state index contributed by atoms with van der Waals surface area (Å²) in [5.41, 5.74) is 1.92. The summed E-state index contributed by atoms with van der Waals surface area (Å²) < 4.78 is 35.1. The lowest BCUT2D eigenvalue weighted by Gasteiger charge is -2.11. The zero-order valence-electron chi connectivity index (χ0n) is 19.5. The Balaban J connectivity index is 1.62. The molecular formula is C28H23FO7. The van der Waals surface area contributed by atoms with Gasteiger partial charge in [0.05, 0.1) is 7.11 Å². The molecule has 0 saturated carbocycles. The van der Waals surface area contributed by atoms with Gasteiger partial charge in [0, 0.05) is 18.6 Å². The van der Waals surface area contributed by atoms with Gasteiger partial charge >= 0.3 is 17.9 Å². The van der Waals surface area contributed by atoms with Crippen molar-refractivity contribution < 1.29 is 37.7 Å². The predicted octanol–water partition coefficient (Wildman–Crippen LogP) is 5.22. The highest BCUT2D eigenvalue weighted by Crippen LogP contribution is 2.30. The Morgan fingerprint density at radius 1 is 0.778 bits per heavy atom. The number of carbonyl (C=O) groups is 3. The molecule has 3 aromatic rings. The molecule has 3 aromatic carbocycles. The average Bonchev–Trinajstić information content (AvgIpc) is 2.89. The second kappa shape index (κ2) is 12.1. The van der Waals surface area contributed by atoms with Gasteiger partial charge in [-0.1, -0.05) is 37.4 Å². The van der Waals surface area contributed by atoms with Gasteiger partial charge in [-0.05, 0) is 59.5 Å². The monoisotopic (exact) mass is 490 g/mol. The number of rotatable bonds is 10. The molecule has 0 aromatic heterocycles. The fraction of sp³-hybridized carbons (Fsp3) is 0.107. The van der Waals surface area contributed by atoms with Crippen molar-refractivity contribution in [1.29, 1.82) is 0 Å². The predicted molar refractivity (Wildman–Crippen MR) is 130 cm³/mol. The molecule has 7 nitrogen and oxygen atoms in total. The molecule has 0 radical (unpaired) electrons. The molecule has 0 aliphatic rings. The van der Waals surface area contributed by atoms with Gasteiger partial charge in [0.2, 0.25) is 0 Å². The lowest BCUT2D eigenvalue weighted by Crippen LogP contribution is -2.10. The fourth-order valence-electron chi connectivity index (χ4n) is 3.16. The molecule has 36 heavy (non-hydrogen) atoms. The van der Waals surface area contributed by atoms with E-state index >= 15 is 0 Å². The average molecular weight is 490 g/mol. The maximum absolute atomic E-state index is 14.6. The highest BCUT2D eigenvalue weighted by molar-refractivity contribution is 5.84. The normalized spacial score (nSPS) is 10.2. The van der Waals surface area contributed by atoms with Crippen LogP contribution in [0.15, 0.2) is 86.0 Å². The first-order chi connectivity index (χ1) is 17.3. The van der Waals surface area contributed by atoms with E-state index in [-0.39, 0.29) is 24.3 Å². The molecular weight excluding hydrogens is 467 g/mol. The van der Waals surface area contributed by atoms with Crippen molar-refractivity contribution in [2.24, 2.45) is 0 Å². The van der Waals surface area contributed by atoms with Crippen molar-refractivity contribution in [3.63, 3.8) is 0 Å². The summed E-state index contributed by atoms with van der Waals surface area (Å²) in [4.78, 5) is 35.1. The number of benzene rings is 3. The van der Waals surface area contributed by atoms with Crippen LogP contribution in [-0.4, -0.2) is 25.0 Å². The molecule has 0 aliphatic carbocycles. The summed E-state index contributed by atoms with van der Waals surface area (Å²) in [6.07, 6.45) is 2.31. The maximum Gasteiger partial charge on any atom is 0.335 e. The van der Waals surface area contributed by atoms with Gasteiger partial charge in [0.1, 0.15) is 5.75 Å². The van der Waals surface area contributed by atoms with Crippen molar-refractivity contribution in [2.45, 2.75) is 12.8 Å². The van der Waals surface area contributed by atoms with E-state index in [1.54, 1.807) is 48.5 Å². The highest BCUT2D eigenvalue weighted by Gasteiger charge is 2.14. The molecule has 0 N–H and O–H groups in total. The van der Waals surface area contributed by atoms with Crippen molar-refractivity contribution in [2.75, 3.05) is 7.11 Å². The van der Waals surface area contributed by atoms with E-state index < -0.39 is 23.7 Å². The number of methoxy groups -OCH3 is 1. The Morgan fingerprint density at radius 3 is 2.06 bits per heavy atom. The van der Waals surface area contributed by atoms with E-state index in [0.29, 0.717) is 28.2 Å². The smallest absolute Gasteiger partial charge is 0.335 e. The van der Waals surface area contributed by atoms with Crippen molar-refractivity contribution in [3.8, 4) is 34.1 Å². The minimum atomic E-state index is -0.703. The Bertz CT molecular complexity index is 1300. The van der Waals surface area contributed by atoms with Crippen molar-refractivity contribution >= 4 is 17.9 Å². The third-order valence-corrected chi connectivity index (χ3v) is 4.95. The van der Waals surface area contributed by atoms with Gasteiger partial charge in [-0.2, -0.15) is 0 Å². The van der Waals surface area contributed by atoms with E-state index in [2.05, 4.69) is 13.2 Å². The van der Waals surface area contributed by atoms with E-state index in [1.165, 1.54) is 19.2 Å². The minimum Gasteiger partial charge on any atom is -0.493 e. The van der Waals surface area contributed by atoms with Gasteiger partial charge in [-0.25, -0.2) is 14.0 Å². The number of halogens is 1. The number of aryl methyl sites for hydroxylation is 1. The second-order valence-corrected chi connectivity index (χ2v) is 7.38. The second-order valence-electron chi connectivity index (χ2n) is 7.38. The van der Waals surface area contributed by atoms with E-state index in [1.807, 2.05) is 0 Å². The fourth-order valence-corrected chi connectivity index (χ4v) is 3.16. The molecule has 8 heteroatoms. The van der Waals surface area contributed by atoms with Gasteiger partial charge in [-0.15, -0.1) is 0 Å². The summed E-state index contributed by atoms with van der Waals surface area (Å²) in [6, 6.07) is 15.6. The molecule has 0 spiro atoms.